The summed E-state index contributed by atoms with van der Waals surface area (Å²) in [7, 11) is 0. The van der Waals surface area contributed by atoms with Gasteiger partial charge >= 0.3 is 0 Å². The first-order valence-electron chi connectivity index (χ1n) is 5.98. The minimum atomic E-state index is -0.471. The van der Waals surface area contributed by atoms with Gasteiger partial charge in [-0.15, -0.1) is 0 Å². The molecule has 1 aromatic carbocycles. The molecule has 0 spiro atoms. The summed E-state index contributed by atoms with van der Waals surface area (Å²) < 4.78 is 13.4. The maximum absolute atomic E-state index is 13.4. The summed E-state index contributed by atoms with van der Waals surface area (Å²) in [5.41, 5.74) is 6.11. The maximum Gasteiger partial charge on any atom is 0.227 e. The summed E-state index contributed by atoms with van der Waals surface area (Å²) in [6.45, 7) is 0. The molecular weight excluding hydrogens is 251 g/mol. The fraction of sp³-hybridized carbons (Fsp3) is 0.385. The first-order chi connectivity index (χ1) is 8.58. The van der Waals surface area contributed by atoms with Crippen LogP contribution in [0, 0.1) is 11.7 Å². The average molecular weight is 266 g/mol. The van der Waals surface area contributed by atoms with Crippen molar-refractivity contribution < 1.29 is 9.18 Å². The normalized spacial score (nSPS) is 15.6. The number of carbonyl (C=O) groups is 1. The van der Waals surface area contributed by atoms with E-state index < -0.39 is 5.82 Å². The summed E-state index contributed by atoms with van der Waals surface area (Å²) in [4.78, 5) is 11.9. The minimum absolute atomic E-state index is 0.00648. The van der Waals surface area contributed by atoms with Gasteiger partial charge in [0.05, 0.1) is 0 Å². The van der Waals surface area contributed by atoms with Gasteiger partial charge in [0.25, 0.3) is 0 Å². The molecule has 1 saturated carbocycles. The number of anilines is 1. The van der Waals surface area contributed by atoms with Crippen LogP contribution >= 0.6 is 12.2 Å². The smallest absolute Gasteiger partial charge is 0.227 e. The second-order valence-electron chi connectivity index (χ2n) is 4.53. The van der Waals surface area contributed by atoms with E-state index in [4.69, 9.17) is 18.0 Å². The Bertz CT molecular complexity index is 484. The van der Waals surface area contributed by atoms with Crippen LogP contribution in [0.1, 0.15) is 31.2 Å². The number of halogens is 1. The molecule has 3 N–H and O–H groups in total. The lowest BCUT2D eigenvalue weighted by atomic mass is 10.1. The third-order valence-corrected chi connectivity index (χ3v) is 3.45. The van der Waals surface area contributed by atoms with Crippen LogP contribution < -0.4 is 11.1 Å². The van der Waals surface area contributed by atoms with E-state index in [-0.39, 0.29) is 22.4 Å². The standard InChI is InChI=1S/C13H15FN2OS/c14-11-6-5-9(7-10(11)12(15)18)16-13(17)8-3-1-2-4-8/h5-8H,1-4H2,(H2,15,18)(H,16,17). The Morgan fingerprint density at radius 2 is 2.06 bits per heavy atom. The Morgan fingerprint density at radius 3 is 2.67 bits per heavy atom. The Labute approximate surface area is 111 Å². The molecule has 3 nitrogen and oxygen atoms in total. The van der Waals surface area contributed by atoms with Crippen LogP contribution in [0.3, 0.4) is 0 Å². The zero-order valence-electron chi connectivity index (χ0n) is 9.91. The van der Waals surface area contributed by atoms with Crippen LogP contribution in [0.25, 0.3) is 0 Å². The number of thiocarbonyl (C=S) groups is 1. The van der Waals surface area contributed by atoms with Crippen LogP contribution in [0.4, 0.5) is 10.1 Å². The Hall–Kier alpha value is -1.49. The highest BCUT2D eigenvalue weighted by Gasteiger charge is 2.22. The van der Waals surface area contributed by atoms with Crippen LogP contribution in [0.5, 0.6) is 0 Å². The molecule has 0 aliphatic heterocycles. The van der Waals surface area contributed by atoms with Gasteiger partial charge in [0.1, 0.15) is 10.8 Å². The van der Waals surface area contributed by atoms with Gasteiger partial charge in [-0.25, -0.2) is 4.39 Å². The van der Waals surface area contributed by atoms with Crippen LogP contribution in [-0.4, -0.2) is 10.9 Å². The summed E-state index contributed by atoms with van der Waals surface area (Å²) in [5.74, 6) is -0.405. The Morgan fingerprint density at radius 1 is 1.39 bits per heavy atom. The topological polar surface area (TPSA) is 55.1 Å². The molecule has 0 saturated heterocycles. The summed E-state index contributed by atoms with van der Waals surface area (Å²) in [6.07, 6.45) is 4.05. The molecule has 1 fully saturated rings. The molecule has 0 aromatic heterocycles. The molecular formula is C13H15FN2OS. The monoisotopic (exact) mass is 266 g/mol. The summed E-state index contributed by atoms with van der Waals surface area (Å²) in [6, 6.07) is 4.26. The third kappa shape index (κ3) is 2.85. The van der Waals surface area contributed by atoms with Gasteiger partial charge in [-0.2, -0.15) is 0 Å². The van der Waals surface area contributed by atoms with E-state index in [0.717, 1.165) is 25.7 Å². The highest BCUT2D eigenvalue weighted by atomic mass is 32.1. The van der Waals surface area contributed by atoms with E-state index in [0.29, 0.717) is 5.69 Å². The van der Waals surface area contributed by atoms with Crippen molar-refractivity contribution in [2.24, 2.45) is 11.7 Å². The van der Waals surface area contributed by atoms with Gasteiger partial charge in [-0.05, 0) is 31.0 Å². The second-order valence-corrected chi connectivity index (χ2v) is 4.97. The Balaban J connectivity index is 2.11. The van der Waals surface area contributed by atoms with Crippen molar-refractivity contribution in [1.82, 2.24) is 0 Å². The van der Waals surface area contributed by atoms with E-state index in [1.165, 1.54) is 18.2 Å². The number of amides is 1. The first kappa shape index (κ1) is 13.0. The maximum atomic E-state index is 13.4. The molecule has 1 amide bonds. The molecule has 0 unspecified atom stereocenters. The predicted octanol–water partition coefficient (Wildman–Crippen LogP) is 2.59. The number of nitrogens with two attached hydrogens (primary N) is 1. The molecule has 5 heteroatoms. The van der Waals surface area contributed by atoms with Gasteiger partial charge in [0.2, 0.25) is 5.91 Å². The number of hydrogen-bond donors (Lipinski definition) is 2. The molecule has 18 heavy (non-hydrogen) atoms. The zero-order chi connectivity index (χ0) is 13.1. The van der Waals surface area contributed by atoms with Crippen LogP contribution in [0.2, 0.25) is 0 Å². The van der Waals surface area contributed by atoms with Crippen molar-refractivity contribution >= 4 is 28.8 Å². The fourth-order valence-electron chi connectivity index (χ4n) is 2.22. The summed E-state index contributed by atoms with van der Waals surface area (Å²) in [5, 5.41) is 2.79. The van der Waals surface area contributed by atoms with Crippen LogP contribution in [0.15, 0.2) is 18.2 Å². The number of nitrogens with one attached hydrogen (secondary N) is 1. The summed E-state index contributed by atoms with van der Waals surface area (Å²) >= 11 is 4.76. The number of benzene rings is 1. The van der Waals surface area contributed by atoms with Gasteiger partial charge in [-0.1, -0.05) is 25.1 Å². The lowest BCUT2D eigenvalue weighted by molar-refractivity contribution is -0.119. The van der Waals surface area contributed by atoms with Crippen molar-refractivity contribution in [3.8, 4) is 0 Å². The van der Waals surface area contributed by atoms with E-state index in [2.05, 4.69) is 5.32 Å². The van der Waals surface area contributed by atoms with Crippen LogP contribution in [-0.2, 0) is 4.79 Å². The van der Waals surface area contributed by atoms with Gasteiger partial charge in [0, 0.05) is 17.2 Å². The van der Waals surface area contributed by atoms with Crippen molar-refractivity contribution in [2.45, 2.75) is 25.7 Å². The highest BCUT2D eigenvalue weighted by molar-refractivity contribution is 7.80. The van der Waals surface area contributed by atoms with E-state index in [9.17, 15) is 9.18 Å². The fourth-order valence-corrected chi connectivity index (χ4v) is 2.38. The molecule has 1 aromatic rings. The number of rotatable bonds is 3. The minimum Gasteiger partial charge on any atom is -0.389 e. The second kappa shape index (κ2) is 5.44. The van der Waals surface area contributed by atoms with E-state index in [1.807, 2.05) is 0 Å². The molecule has 0 heterocycles. The largest absolute Gasteiger partial charge is 0.389 e. The van der Waals surface area contributed by atoms with Crippen molar-refractivity contribution in [3.63, 3.8) is 0 Å². The molecule has 0 atom stereocenters. The number of hydrogen-bond acceptors (Lipinski definition) is 2. The van der Waals surface area contributed by atoms with Gasteiger partial charge < -0.3 is 11.1 Å². The predicted molar refractivity (Wildman–Crippen MR) is 72.9 cm³/mol. The average Bonchev–Trinajstić information content (AvgIpc) is 2.85. The molecule has 96 valence electrons. The van der Waals surface area contributed by atoms with Crippen molar-refractivity contribution in [2.75, 3.05) is 5.32 Å². The van der Waals surface area contributed by atoms with Crippen molar-refractivity contribution in [3.05, 3.63) is 29.6 Å². The zero-order valence-corrected chi connectivity index (χ0v) is 10.7. The lowest BCUT2D eigenvalue weighted by Crippen LogP contribution is -2.21. The Kier molecular flexibility index (Phi) is 3.91. The molecule has 0 bridgehead atoms. The van der Waals surface area contributed by atoms with Crippen molar-refractivity contribution in [1.29, 1.82) is 0 Å². The first-order valence-corrected chi connectivity index (χ1v) is 6.39. The van der Waals surface area contributed by atoms with Gasteiger partial charge in [-0.3, -0.25) is 4.79 Å². The molecule has 1 aliphatic carbocycles. The molecule has 1 aliphatic rings. The van der Waals surface area contributed by atoms with E-state index >= 15 is 0 Å². The third-order valence-electron chi connectivity index (χ3n) is 3.23. The number of carbonyl (C=O) groups excluding carboxylic acids is 1. The SMILES string of the molecule is NC(=S)c1cc(NC(=O)C2CCCC2)ccc1F. The highest BCUT2D eigenvalue weighted by Crippen LogP contribution is 2.26. The van der Waals surface area contributed by atoms with Gasteiger partial charge in [0.15, 0.2) is 0 Å². The quantitative estimate of drug-likeness (QED) is 0.827. The molecule has 0 radical (unpaired) electrons. The lowest BCUT2D eigenvalue weighted by Gasteiger charge is -2.11. The molecule has 2 rings (SSSR count). The van der Waals surface area contributed by atoms with E-state index in [1.54, 1.807) is 0 Å².